The third kappa shape index (κ3) is 3.30. The minimum atomic E-state index is -4.01. The molecule has 0 radical (unpaired) electrons. The van der Waals surface area contributed by atoms with Crippen molar-refractivity contribution in [1.82, 2.24) is 0 Å². The van der Waals surface area contributed by atoms with E-state index in [9.17, 15) is 13.2 Å². The average Bonchev–Trinajstić information content (AvgIpc) is 2.72. The van der Waals surface area contributed by atoms with Crippen LogP contribution >= 0.6 is 0 Å². The number of anilines is 2. The molecule has 0 fully saturated rings. The Hall–Kier alpha value is -3.38. The van der Waals surface area contributed by atoms with Gasteiger partial charge in [-0.05, 0) is 29.8 Å². The van der Waals surface area contributed by atoms with Crippen molar-refractivity contribution in [2.45, 2.75) is 6.54 Å². The number of carbonyl (C=O) groups is 1. The smallest absolute Gasteiger partial charge is 0.270 e. The number of allylic oxidation sites excluding steroid dienone is 1. The summed E-state index contributed by atoms with van der Waals surface area (Å²) in [4.78, 5) is 12.7. The highest BCUT2D eigenvalue weighted by molar-refractivity contribution is 7.97. The molecule has 4 rings (SSSR count). The summed E-state index contributed by atoms with van der Waals surface area (Å²) in [5, 5.41) is 2.93. The van der Waals surface area contributed by atoms with Crippen LogP contribution in [-0.4, -0.2) is 14.2 Å². The van der Waals surface area contributed by atoms with Crippen molar-refractivity contribution in [3.05, 3.63) is 107 Å². The van der Waals surface area contributed by atoms with Gasteiger partial charge in [0.25, 0.3) is 10.0 Å². The van der Waals surface area contributed by atoms with Gasteiger partial charge in [0.2, 0.25) is 5.78 Å². The summed E-state index contributed by atoms with van der Waals surface area (Å²) in [5.41, 5.74) is 2.31. The fourth-order valence-corrected chi connectivity index (χ4v) is 4.65. The Bertz CT molecular complexity index is 1140. The maximum absolute atomic E-state index is 13.3. The number of carbonyl (C=O) groups excluding carboxylic acids is 1. The first-order valence-corrected chi connectivity index (χ1v) is 10.2. The molecule has 1 heterocycles. The van der Waals surface area contributed by atoms with Gasteiger partial charge >= 0.3 is 0 Å². The largest absolute Gasteiger partial charge is 0.360 e. The molecule has 3 aromatic carbocycles. The van der Waals surface area contributed by atoms with Gasteiger partial charge < -0.3 is 5.32 Å². The Morgan fingerprint density at radius 2 is 1.43 bits per heavy atom. The first-order valence-electron chi connectivity index (χ1n) is 8.79. The van der Waals surface area contributed by atoms with Gasteiger partial charge in [0, 0.05) is 17.5 Å². The first-order chi connectivity index (χ1) is 13.6. The molecule has 0 aliphatic carbocycles. The highest BCUT2D eigenvalue weighted by Crippen LogP contribution is 2.36. The number of para-hydroxylation sites is 2. The van der Waals surface area contributed by atoms with Crippen molar-refractivity contribution in [3.8, 4) is 0 Å². The third-order valence-electron chi connectivity index (χ3n) is 4.52. The number of benzene rings is 3. The Kier molecular flexibility index (Phi) is 4.71. The summed E-state index contributed by atoms with van der Waals surface area (Å²) in [6.45, 7) is 0.149. The number of Topliss-reactive ketones (excluding diaryl/α,β-unsaturated/α-hetero) is 1. The monoisotopic (exact) mass is 390 g/mol. The van der Waals surface area contributed by atoms with Gasteiger partial charge in [-0.15, -0.1) is 0 Å². The lowest BCUT2D eigenvalue weighted by atomic mass is 10.1. The van der Waals surface area contributed by atoms with Crippen LogP contribution in [0, 0.1) is 0 Å². The topological polar surface area (TPSA) is 66.5 Å². The van der Waals surface area contributed by atoms with E-state index in [4.69, 9.17) is 0 Å². The van der Waals surface area contributed by atoms with E-state index in [1.165, 1.54) is 10.5 Å². The minimum absolute atomic E-state index is 0.149. The van der Waals surface area contributed by atoms with E-state index < -0.39 is 15.8 Å². The molecule has 0 bridgehead atoms. The molecule has 0 aromatic heterocycles. The summed E-state index contributed by atoms with van der Waals surface area (Å²) in [6, 6.07) is 25.2. The van der Waals surface area contributed by atoms with Crippen molar-refractivity contribution in [1.29, 1.82) is 0 Å². The highest BCUT2D eigenvalue weighted by atomic mass is 32.2. The number of rotatable bonds is 4. The molecule has 0 saturated heterocycles. The number of ketones is 1. The maximum atomic E-state index is 13.3. The Labute approximate surface area is 164 Å². The van der Waals surface area contributed by atoms with Crippen LogP contribution in [0.4, 0.5) is 11.4 Å². The molecule has 0 unspecified atom stereocenters. The Morgan fingerprint density at radius 3 is 2.14 bits per heavy atom. The summed E-state index contributed by atoms with van der Waals surface area (Å²) >= 11 is 0. The van der Waals surface area contributed by atoms with Gasteiger partial charge in [-0.3, -0.25) is 9.10 Å². The highest BCUT2D eigenvalue weighted by Gasteiger charge is 2.39. The molecule has 28 heavy (non-hydrogen) atoms. The zero-order chi connectivity index (χ0) is 19.6. The molecule has 0 amide bonds. The van der Waals surface area contributed by atoms with E-state index in [0.717, 1.165) is 5.56 Å². The standard InChI is InChI=1S/C22H18N2O3S/c25-22-19-13-7-8-14-20(19)24(16-17-9-3-1-4-10-17)28(26,27)21(22)15-23-18-11-5-2-6-12-18/h1-15,23H,16H2. The Balaban J connectivity index is 1.79. The number of sulfonamides is 1. The van der Waals surface area contributed by atoms with Crippen LogP contribution in [-0.2, 0) is 16.6 Å². The molecule has 5 nitrogen and oxygen atoms in total. The molecule has 140 valence electrons. The lowest BCUT2D eigenvalue weighted by Gasteiger charge is -2.31. The van der Waals surface area contributed by atoms with Crippen LogP contribution in [0.2, 0.25) is 0 Å². The molecule has 3 aromatic rings. The quantitative estimate of drug-likeness (QED) is 0.679. The van der Waals surface area contributed by atoms with Crippen molar-refractivity contribution in [2.75, 3.05) is 9.62 Å². The van der Waals surface area contributed by atoms with E-state index in [1.807, 2.05) is 48.5 Å². The fraction of sp³-hybridized carbons (Fsp3) is 0.0455. The van der Waals surface area contributed by atoms with Gasteiger partial charge in [-0.25, -0.2) is 8.42 Å². The average molecular weight is 390 g/mol. The fourth-order valence-electron chi connectivity index (χ4n) is 3.12. The summed E-state index contributed by atoms with van der Waals surface area (Å²) in [5.74, 6) is -0.511. The van der Waals surface area contributed by atoms with Crippen LogP contribution in [0.1, 0.15) is 15.9 Å². The molecule has 0 spiro atoms. The van der Waals surface area contributed by atoms with Gasteiger partial charge in [-0.2, -0.15) is 0 Å². The molecule has 1 N–H and O–H groups in total. The second-order valence-corrected chi connectivity index (χ2v) is 8.19. The SMILES string of the molecule is O=C1C(=CNc2ccccc2)S(=O)(=O)N(Cc2ccccc2)c2ccccc21. The van der Waals surface area contributed by atoms with E-state index in [2.05, 4.69) is 5.32 Å². The van der Waals surface area contributed by atoms with E-state index in [0.29, 0.717) is 16.9 Å². The van der Waals surface area contributed by atoms with E-state index in [-0.39, 0.29) is 11.4 Å². The maximum Gasteiger partial charge on any atom is 0.270 e. The molecule has 0 saturated carbocycles. The van der Waals surface area contributed by atoms with Crippen molar-refractivity contribution in [2.24, 2.45) is 0 Å². The third-order valence-corrected chi connectivity index (χ3v) is 6.29. The minimum Gasteiger partial charge on any atom is -0.360 e. The molecule has 0 atom stereocenters. The van der Waals surface area contributed by atoms with Gasteiger partial charge in [0.05, 0.1) is 12.2 Å². The van der Waals surface area contributed by atoms with Crippen LogP contribution < -0.4 is 9.62 Å². The zero-order valence-electron chi connectivity index (χ0n) is 14.9. The van der Waals surface area contributed by atoms with Crippen molar-refractivity contribution < 1.29 is 13.2 Å². The molecular weight excluding hydrogens is 372 g/mol. The lowest BCUT2D eigenvalue weighted by Crippen LogP contribution is -2.39. The summed E-state index contributed by atoms with van der Waals surface area (Å²) in [6.07, 6.45) is 1.28. The van der Waals surface area contributed by atoms with Crippen LogP contribution in [0.15, 0.2) is 96.0 Å². The van der Waals surface area contributed by atoms with Crippen LogP contribution in [0.3, 0.4) is 0 Å². The van der Waals surface area contributed by atoms with Crippen LogP contribution in [0.25, 0.3) is 0 Å². The number of hydrogen-bond donors (Lipinski definition) is 1. The van der Waals surface area contributed by atoms with Gasteiger partial charge in [-0.1, -0.05) is 60.7 Å². The normalized spacial score (nSPS) is 16.6. The molecule has 6 heteroatoms. The second-order valence-electron chi connectivity index (χ2n) is 6.36. The summed E-state index contributed by atoms with van der Waals surface area (Å²) < 4.78 is 27.9. The van der Waals surface area contributed by atoms with Crippen LogP contribution in [0.5, 0.6) is 0 Å². The second kappa shape index (κ2) is 7.32. The zero-order valence-corrected chi connectivity index (χ0v) is 15.8. The Morgan fingerprint density at radius 1 is 0.821 bits per heavy atom. The van der Waals surface area contributed by atoms with Gasteiger partial charge in [0.15, 0.2) is 4.91 Å². The predicted octanol–water partition coefficient (Wildman–Crippen LogP) is 4.17. The number of hydrogen-bond acceptors (Lipinski definition) is 4. The number of nitrogens with one attached hydrogen (secondary N) is 1. The number of nitrogens with zero attached hydrogens (tertiary/aromatic N) is 1. The molecule has 1 aliphatic rings. The van der Waals surface area contributed by atoms with Gasteiger partial charge in [0.1, 0.15) is 0 Å². The predicted molar refractivity (Wildman–Crippen MR) is 110 cm³/mol. The first kappa shape index (κ1) is 18.0. The molecule has 1 aliphatic heterocycles. The van der Waals surface area contributed by atoms with Crippen molar-refractivity contribution >= 4 is 27.2 Å². The number of fused-ring (bicyclic) bond motifs is 1. The molecular formula is C22H18N2O3S. The van der Waals surface area contributed by atoms with E-state index >= 15 is 0 Å². The van der Waals surface area contributed by atoms with E-state index in [1.54, 1.807) is 36.4 Å². The van der Waals surface area contributed by atoms with Crippen molar-refractivity contribution in [3.63, 3.8) is 0 Å². The summed E-state index contributed by atoms with van der Waals surface area (Å²) in [7, 11) is -4.01. The lowest BCUT2D eigenvalue weighted by molar-refractivity contribution is 0.104.